The summed E-state index contributed by atoms with van der Waals surface area (Å²) in [4.78, 5) is 7.81. The second kappa shape index (κ2) is 16.5. The van der Waals surface area contributed by atoms with E-state index in [9.17, 15) is 0 Å². The molecular weight excluding hydrogens is 882 g/mol. The molecule has 3 nitrogen and oxygen atoms in total. The van der Waals surface area contributed by atoms with E-state index in [1.54, 1.807) is 0 Å². The number of rotatable bonds is 6. The zero-order valence-corrected chi connectivity index (χ0v) is 43.9. The smallest absolute Gasteiger partial charge is 0.252 e. The van der Waals surface area contributed by atoms with Crippen molar-refractivity contribution in [2.45, 2.75) is 97.8 Å². The van der Waals surface area contributed by atoms with E-state index in [-0.39, 0.29) is 23.0 Å². The van der Waals surface area contributed by atoms with Gasteiger partial charge >= 0.3 is 0 Å². The third kappa shape index (κ3) is 7.23. The van der Waals surface area contributed by atoms with Crippen molar-refractivity contribution in [1.82, 2.24) is 0 Å². The number of aryl methyl sites for hydroxylation is 2. The van der Waals surface area contributed by atoms with Gasteiger partial charge in [0.05, 0.1) is 5.69 Å². The molecule has 0 amide bonds. The largest absolute Gasteiger partial charge is 0.311 e. The Morgan fingerprint density at radius 2 is 1.05 bits per heavy atom. The van der Waals surface area contributed by atoms with Crippen LogP contribution in [0.15, 0.2) is 188 Å². The summed E-state index contributed by atoms with van der Waals surface area (Å²) in [7, 11) is 0. The molecule has 0 atom stereocenters. The van der Waals surface area contributed by atoms with Crippen molar-refractivity contribution < 1.29 is 0 Å². The predicted molar refractivity (Wildman–Crippen MR) is 312 cm³/mol. The fraction of sp³-hybridized carbons (Fsp3) is 0.217. The first-order valence-electron chi connectivity index (χ1n) is 26.5. The number of hydrogen-bond donors (Lipinski definition) is 0. The minimum Gasteiger partial charge on any atom is -0.311 e. The monoisotopic (exact) mass is 946 g/mol. The molecule has 358 valence electrons. The van der Waals surface area contributed by atoms with Crippen LogP contribution >= 0.6 is 0 Å². The summed E-state index contributed by atoms with van der Waals surface area (Å²) in [5, 5.41) is 0. The summed E-state index contributed by atoms with van der Waals surface area (Å²) >= 11 is 0. The van der Waals surface area contributed by atoms with Gasteiger partial charge in [0.2, 0.25) is 0 Å². The molecule has 0 spiro atoms. The molecule has 13 rings (SSSR count). The lowest BCUT2D eigenvalue weighted by Gasteiger charge is -2.48. The van der Waals surface area contributed by atoms with Crippen LogP contribution in [0.5, 0.6) is 0 Å². The summed E-state index contributed by atoms with van der Waals surface area (Å²) in [6.45, 7) is 21.6. The molecule has 2 heterocycles. The van der Waals surface area contributed by atoms with Gasteiger partial charge in [-0.25, -0.2) is 0 Å². The van der Waals surface area contributed by atoms with E-state index in [0.29, 0.717) is 0 Å². The standard InChI is InChI=1S/C69H64BN3/c1-44-35-64-66-65(36-44)73(62-40-49(67(3,4)5)39-54-53-28-20-19-23-48(53)37-55(54)62)63-43-57-56(68(6,7)33-34-69(57,8)9)42-59(63)70(66)58-41-52(71(50-24-15-11-16-25-50)51-26-17-12-18-27-51)31-32-60(58)72(64)61-38-47(30-29-45(61)2)46-21-13-10-14-22-46/h10-32,35-36,38-43H,33-34,37H2,1-9H3. The first-order valence-corrected chi connectivity index (χ1v) is 26.5. The van der Waals surface area contributed by atoms with Crippen molar-refractivity contribution in [3.63, 3.8) is 0 Å². The minimum absolute atomic E-state index is 0.00786. The van der Waals surface area contributed by atoms with Gasteiger partial charge in [-0.3, -0.25) is 0 Å². The van der Waals surface area contributed by atoms with Gasteiger partial charge in [0.1, 0.15) is 0 Å². The second-order valence-corrected chi connectivity index (χ2v) is 23.8. The molecule has 0 fully saturated rings. The summed E-state index contributed by atoms with van der Waals surface area (Å²) in [6, 6.07) is 71.6. The first kappa shape index (κ1) is 45.3. The van der Waals surface area contributed by atoms with Gasteiger partial charge in [0.15, 0.2) is 0 Å². The third-order valence-corrected chi connectivity index (χ3v) is 17.0. The van der Waals surface area contributed by atoms with E-state index in [1.807, 2.05) is 0 Å². The molecular formula is C69H64BN3. The molecule has 0 aromatic heterocycles. The predicted octanol–water partition coefficient (Wildman–Crippen LogP) is 16.7. The highest BCUT2D eigenvalue weighted by Gasteiger charge is 2.47. The molecule has 0 saturated heterocycles. The maximum absolute atomic E-state index is 2.75. The summed E-state index contributed by atoms with van der Waals surface area (Å²) in [5.74, 6) is 0. The van der Waals surface area contributed by atoms with Gasteiger partial charge in [-0.15, -0.1) is 0 Å². The molecule has 2 aliphatic heterocycles. The minimum atomic E-state index is -0.0762. The molecule has 73 heavy (non-hydrogen) atoms. The topological polar surface area (TPSA) is 9.72 Å². The second-order valence-electron chi connectivity index (χ2n) is 23.8. The SMILES string of the molecule is Cc1cc2c3c(c1)N(c1cc(C(C)(C)C)cc4c1Cc1ccccc1-4)c1cc4c(cc1B3c1cc(N(c3ccccc3)c3ccccc3)ccc1N2c1cc(-c2ccccc2)ccc1C)C(C)(C)CCC4(C)C. The lowest BCUT2D eigenvalue weighted by Crippen LogP contribution is -2.62. The Morgan fingerprint density at radius 3 is 1.71 bits per heavy atom. The van der Waals surface area contributed by atoms with Crippen LogP contribution in [-0.4, -0.2) is 6.71 Å². The highest BCUT2D eigenvalue weighted by atomic mass is 15.2. The summed E-state index contributed by atoms with van der Waals surface area (Å²) in [5.41, 5.74) is 29.7. The van der Waals surface area contributed by atoms with E-state index < -0.39 is 0 Å². The van der Waals surface area contributed by atoms with Crippen LogP contribution in [0.4, 0.5) is 51.2 Å². The van der Waals surface area contributed by atoms with E-state index in [2.05, 4.69) is 265 Å². The van der Waals surface area contributed by atoms with E-state index in [1.165, 1.54) is 112 Å². The lowest BCUT2D eigenvalue weighted by atomic mass is 9.33. The Kier molecular flexibility index (Phi) is 10.2. The van der Waals surface area contributed by atoms with E-state index >= 15 is 0 Å². The maximum atomic E-state index is 2.75. The third-order valence-electron chi connectivity index (χ3n) is 17.0. The molecule has 4 aliphatic rings. The maximum Gasteiger partial charge on any atom is 0.252 e. The van der Waals surface area contributed by atoms with Crippen LogP contribution in [0, 0.1) is 13.8 Å². The number of hydrogen-bond acceptors (Lipinski definition) is 3. The molecule has 0 unspecified atom stereocenters. The van der Waals surface area contributed by atoms with E-state index in [0.717, 1.165) is 36.3 Å². The first-order chi connectivity index (χ1) is 35.1. The zero-order chi connectivity index (χ0) is 50.1. The van der Waals surface area contributed by atoms with Crippen molar-refractivity contribution in [3.8, 4) is 22.3 Å². The van der Waals surface area contributed by atoms with Gasteiger partial charge < -0.3 is 14.7 Å². The molecule has 9 aromatic rings. The molecule has 9 aromatic carbocycles. The average Bonchev–Trinajstić information content (AvgIpc) is 3.78. The number of anilines is 9. The Morgan fingerprint density at radius 1 is 0.466 bits per heavy atom. The van der Waals surface area contributed by atoms with Crippen molar-refractivity contribution in [2.75, 3.05) is 14.7 Å². The average molecular weight is 946 g/mol. The Hall–Kier alpha value is -7.56. The van der Waals surface area contributed by atoms with Gasteiger partial charge in [-0.2, -0.15) is 0 Å². The summed E-state index contributed by atoms with van der Waals surface area (Å²) in [6.07, 6.45) is 3.20. The quantitative estimate of drug-likeness (QED) is 0.154. The molecule has 4 heteroatoms. The fourth-order valence-electron chi connectivity index (χ4n) is 12.9. The van der Waals surface area contributed by atoms with Crippen LogP contribution < -0.4 is 31.1 Å². The number of para-hydroxylation sites is 2. The summed E-state index contributed by atoms with van der Waals surface area (Å²) < 4.78 is 0. The van der Waals surface area contributed by atoms with Crippen LogP contribution in [0.2, 0.25) is 0 Å². The van der Waals surface area contributed by atoms with Crippen LogP contribution in [0.25, 0.3) is 22.3 Å². The Bertz CT molecular complexity index is 3640. The van der Waals surface area contributed by atoms with Crippen LogP contribution in [-0.2, 0) is 22.7 Å². The van der Waals surface area contributed by atoms with Gasteiger partial charge in [0, 0.05) is 51.9 Å². The van der Waals surface area contributed by atoms with Crippen molar-refractivity contribution in [1.29, 1.82) is 0 Å². The Balaban J connectivity index is 1.16. The lowest BCUT2D eigenvalue weighted by molar-refractivity contribution is 0.332. The molecule has 0 radical (unpaired) electrons. The fourth-order valence-corrected chi connectivity index (χ4v) is 12.9. The van der Waals surface area contributed by atoms with Crippen molar-refractivity contribution in [2.24, 2.45) is 0 Å². The molecule has 0 saturated carbocycles. The van der Waals surface area contributed by atoms with Crippen molar-refractivity contribution >= 4 is 74.3 Å². The normalized spacial score (nSPS) is 15.4. The zero-order valence-electron chi connectivity index (χ0n) is 43.9. The molecule has 0 N–H and O–H groups in total. The highest BCUT2D eigenvalue weighted by molar-refractivity contribution is 7.00. The number of nitrogens with zero attached hydrogens (tertiary/aromatic N) is 3. The molecule has 0 bridgehead atoms. The van der Waals surface area contributed by atoms with Gasteiger partial charge in [-0.05, 0) is 193 Å². The Labute approximate surface area is 433 Å². The van der Waals surface area contributed by atoms with E-state index in [4.69, 9.17) is 0 Å². The van der Waals surface area contributed by atoms with Crippen LogP contribution in [0.1, 0.15) is 100 Å². The van der Waals surface area contributed by atoms with Gasteiger partial charge in [-0.1, -0.05) is 164 Å². The highest BCUT2D eigenvalue weighted by Crippen LogP contribution is 2.54. The van der Waals surface area contributed by atoms with Crippen LogP contribution in [0.3, 0.4) is 0 Å². The molecule has 2 aliphatic carbocycles. The number of benzene rings is 9. The van der Waals surface area contributed by atoms with Gasteiger partial charge in [0.25, 0.3) is 6.71 Å². The number of fused-ring (bicyclic) bond motifs is 8. The van der Waals surface area contributed by atoms with Crippen molar-refractivity contribution in [3.05, 3.63) is 227 Å².